The van der Waals surface area contributed by atoms with Crippen LogP contribution in [0.15, 0.2) is 104 Å². The molecule has 1 saturated heterocycles. The van der Waals surface area contributed by atoms with Gasteiger partial charge in [0.25, 0.3) is 5.91 Å². The minimum atomic E-state index is -0.560. The second kappa shape index (κ2) is 11.8. The summed E-state index contributed by atoms with van der Waals surface area (Å²) in [5, 5.41) is 12.4. The average molecular weight is 535 g/mol. The first-order valence-electron chi connectivity index (χ1n) is 13.3. The molecule has 0 aliphatic carbocycles. The molecule has 3 atom stereocenters. The maximum Gasteiger partial charge on any atom is 0.253 e. The Hall–Kier alpha value is -4.37. The molecule has 0 bridgehead atoms. The van der Waals surface area contributed by atoms with Crippen LogP contribution in [0.2, 0.25) is 0 Å². The average Bonchev–Trinajstić information content (AvgIpc) is 3.43. The predicted molar refractivity (Wildman–Crippen MR) is 150 cm³/mol. The van der Waals surface area contributed by atoms with E-state index in [9.17, 15) is 9.90 Å². The molecule has 3 heterocycles. The Balaban J connectivity index is 1.19. The van der Waals surface area contributed by atoms with E-state index in [0.29, 0.717) is 25.1 Å². The van der Waals surface area contributed by atoms with Gasteiger partial charge in [-0.15, -0.1) is 0 Å². The fourth-order valence-corrected chi connectivity index (χ4v) is 4.98. The number of fused-ring (bicyclic) bond motifs is 1. The van der Waals surface area contributed by atoms with Crippen molar-refractivity contribution >= 4 is 16.9 Å². The zero-order valence-electron chi connectivity index (χ0n) is 21.9. The third-order valence-corrected chi connectivity index (χ3v) is 7.17. The fourth-order valence-electron chi connectivity index (χ4n) is 4.98. The standard InChI is InChI=1S/C32H30N4O4/c37-20-23-9-11-24(12-10-23)30-16-27(19-36-21-35-28-5-1-2-6-29(28)36)39-32(40-30)25-13-7-22(8-14-25)17-34-31(38)26-4-3-15-33-18-26/h1-15,18,21,27,30,32,37H,16-17,19-20H2,(H,34,38)/t27-,30+,32+/m1/s1. The van der Waals surface area contributed by atoms with Crippen LogP contribution in [0.25, 0.3) is 11.0 Å². The number of carbonyl (C=O) groups is 1. The third kappa shape index (κ3) is 5.79. The Morgan fingerprint density at radius 3 is 2.48 bits per heavy atom. The van der Waals surface area contributed by atoms with E-state index in [4.69, 9.17) is 9.47 Å². The lowest BCUT2D eigenvalue weighted by molar-refractivity contribution is -0.252. The zero-order chi connectivity index (χ0) is 27.3. The van der Waals surface area contributed by atoms with E-state index in [1.54, 1.807) is 24.5 Å². The first-order valence-corrected chi connectivity index (χ1v) is 13.3. The van der Waals surface area contributed by atoms with Crippen LogP contribution in [-0.4, -0.2) is 31.7 Å². The number of nitrogens with one attached hydrogen (secondary N) is 1. The molecule has 2 N–H and O–H groups in total. The number of para-hydroxylation sites is 2. The number of ether oxygens (including phenoxy) is 2. The molecule has 0 spiro atoms. The van der Waals surface area contributed by atoms with Crippen molar-refractivity contribution in [3.05, 3.63) is 131 Å². The number of aliphatic hydroxyl groups is 1. The summed E-state index contributed by atoms with van der Waals surface area (Å²) in [6.07, 6.45) is 4.88. The van der Waals surface area contributed by atoms with Crippen LogP contribution in [0.4, 0.5) is 0 Å². The highest BCUT2D eigenvalue weighted by atomic mass is 16.7. The lowest BCUT2D eigenvalue weighted by atomic mass is 9.99. The van der Waals surface area contributed by atoms with Gasteiger partial charge in [0.2, 0.25) is 0 Å². The number of carbonyl (C=O) groups excluding carboxylic acids is 1. The molecule has 1 aliphatic heterocycles. The van der Waals surface area contributed by atoms with E-state index in [-0.39, 0.29) is 24.7 Å². The first-order chi connectivity index (χ1) is 19.7. The van der Waals surface area contributed by atoms with Crippen LogP contribution < -0.4 is 5.32 Å². The molecule has 0 unspecified atom stereocenters. The molecule has 1 amide bonds. The van der Waals surface area contributed by atoms with Crippen molar-refractivity contribution in [2.75, 3.05) is 0 Å². The fraction of sp³-hybridized carbons (Fsp3) is 0.219. The van der Waals surface area contributed by atoms with Gasteiger partial charge in [-0.05, 0) is 41.0 Å². The Labute approximate surface area is 232 Å². The minimum Gasteiger partial charge on any atom is -0.392 e. The van der Waals surface area contributed by atoms with E-state index in [2.05, 4.69) is 25.9 Å². The highest BCUT2D eigenvalue weighted by Crippen LogP contribution is 2.38. The molecule has 2 aromatic heterocycles. The quantitative estimate of drug-likeness (QED) is 0.288. The van der Waals surface area contributed by atoms with Gasteiger partial charge in [-0.25, -0.2) is 4.98 Å². The number of aliphatic hydroxyl groups excluding tert-OH is 1. The normalized spacial score (nSPS) is 19.0. The molecule has 8 nitrogen and oxygen atoms in total. The Morgan fingerprint density at radius 2 is 1.70 bits per heavy atom. The summed E-state index contributed by atoms with van der Waals surface area (Å²) in [5.74, 6) is -0.166. The van der Waals surface area contributed by atoms with E-state index in [1.165, 1.54) is 0 Å². The van der Waals surface area contributed by atoms with Crippen molar-refractivity contribution in [2.24, 2.45) is 0 Å². The molecular formula is C32H30N4O4. The van der Waals surface area contributed by atoms with E-state index < -0.39 is 6.29 Å². The Bertz CT molecular complexity index is 1570. The zero-order valence-corrected chi connectivity index (χ0v) is 21.9. The van der Waals surface area contributed by atoms with Gasteiger partial charge in [0.05, 0.1) is 48.3 Å². The van der Waals surface area contributed by atoms with Crippen molar-refractivity contribution in [3.8, 4) is 0 Å². The molecule has 0 saturated carbocycles. The summed E-state index contributed by atoms with van der Waals surface area (Å²) in [4.78, 5) is 20.9. The first kappa shape index (κ1) is 25.9. The molecule has 5 aromatic rings. The largest absolute Gasteiger partial charge is 0.392 e. The number of benzene rings is 3. The number of aromatic nitrogens is 3. The summed E-state index contributed by atoms with van der Waals surface area (Å²) < 4.78 is 15.1. The molecule has 8 heteroatoms. The molecule has 3 aromatic carbocycles. The van der Waals surface area contributed by atoms with E-state index in [0.717, 1.165) is 33.3 Å². The van der Waals surface area contributed by atoms with Crippen molar-refractivity contribution in [1.82, 2.24) is 19.9 Å². The van der Waals surface area contributed by atoms with Gasteiger partial charge in [0.1, 0.15) is 0 Å². The van der Waals surface area contributed by atoms with Gasteiger partial charge < -0.3 is 24.5 Å². The molecule has 6 rings (SSSR count). The van der Waals surface area contributed by atoms with Crippen LogP contribution in [0, 0.1) is 0 Å². The highest BCUT2D eigenvalue weighted by Gasteiger charge is 2.32. The maximum atomic E-state index is 12.4. The second-order valence-electron chi connectivity index (χ2n) is 9.90. The van der Waals surface area contributed by atoms with Crippen LogP contribution in [-0.2, 0) is 29.2 Å². The number of pyridine rings is 1. The van der Waals surface area contributed by atoms with Gasteiger partial charge in [0, 0.05) is 30.9 Å². The predicted octanol–water partition coefficient (Wildman–Crippen LogP) is 5.10. The summed E-state index contributed by atoms with van der Waals surface area (Å²) in [6, 6.07) is 27.3. The van der Waals surface area contributed by atoms with Crippen LogP contribution in [0.1, 0.15) is 51.4 Å². The Morgan fingerprint density at radius 1 is 0.925 bits per heavy atom. The molecule has 1 fully saturated rings. The molecule has 40 heavy (non-hydrogen) atoms. The highest BCUT2D eigenvalue weighted by molar-refractivity contribution is 5.93. The lowest BCUT2D eigenvalue weighted by Crippen LogP contribution is -2.32. The van der Waals surface area contributed by atoms with Gasteiger partial charge in [-0.2, -0.15) is 0 Å². The van der Waals surface area contributed by atoms with Crippen LogP contribution in [0.3, 0.4) is 0 Å². The summed E-state index contributed by atoms with van der Waals surface area (Å²) in [7, 11) is 0. The number of nitrogens with zero attached hydrogens (tertiary/aromatic N) is 3. The van der Waals surface area contributed by atoms with Gasteiger partial charge in [0.15, 0.2) is 6.29 Å². The molecule has 202 valence electrons. The lowest BCUT2D eigenvalue weighted by Gasteiger charge is -2.36. The van der Waals surface area contributed by atoms with Crippen molar-refractivity contribution in [1.29, 1.82) is 0 Å². The van der Waals surface area contributed by atoms with Crippen LogP contribution >= 0.6 is 0 Å². The van der Waals surface area contributed by atoms with Gasteiger partial charge in [-0.1, -0.05) is 60.7 Å². The monoisotopic (exact) mass is 534 g/mol. The summed E-state index contributed by atoms with van der Waals surface area (Å²) >= 11 is 0. The van der Waals surface area contributed by atoms with Crippen LogP contribution in [0.5, 0.6) is 0 Å². The molecule has 0 radical (unpaired) electrons. The number of hydrogen-bond acceptors (Lipinski definition) is 6. The van der Waals surface area contributed by atoms with Crippen molar-refractivity contribution < 1.29 is 19.4 Å². The molecular weight excluding hydrogens is 504 g/mol. The van der Waals surface area contributed by atoms with E-state index in [1.807, 2.05) is 73.1 Å². The minimum absolute atomic E-state index is 0.00289. The third-order valence-electron chi connectivity index (χ3n) is 7.17. The Kier molecular flexibility index (Phi) is 7.63. The van der Waals surface area contributed by atoms with Crippen molar-refractivity contribution in [2.45, 2.75) is 44.6 Å². The van der Waals surface area contributed by atoms with Gasteiger partial charge in [-0.3, -0.25) is 9.78 Å². The van der Waals surface area contributed by atoms with E-state index >= 15 is 0 Å². The summed E-state index contributed by atoms with van der Waals surface area (Å²) in [6.45, 7) is 1.05. The van der Waals surface area contributed by atoms with Gasteiger partial charge >= 0.3 is 0 Å². The topological polar surface area (TPSA) is 98.5 Å². The molecule has 1 aliphatic rings. The van der Waals surface area contributed by atoms with Crippen molar-refractivity contribution in [3.63, 3.8) is 0 Å². The SMILES string of the molecule is O=C(NCc1ccc([C@H]2O[C@@H](Cn3cnc4ccccc43)C[C@@H](c3ccc(CO)cc3)O2)cc1)c1cccnc1. The maximum absolute atomic E-state index is 12.4. The second-order valence-corrected chi connectivity index (χ2v) is 9.90. The summed E-state index contributed by atoms with van der Waals surface area (Å²) in [5.41, 5.74) is 6.32. The number of hydrogen-bond donors (Lipinski definition) is 2. The number of rotatable bonds is 8. The number of amides is 1. The smallest absolute Gasteiger partial charge is 0.253 e. The number of imidazole rings is 1.